The van der Waals surface area contributed by atoms with Crippen LogP contribution in [0.3, 0.4) is 0 Å². The van der Waals surface area contributed by atoms with Gasteiger partial charge in [-0.05, 0) is 49.8 Å². The Hall–Kier alpha value is -3.41. The van der Waals surface area contributed by atoms with Crippen LogP contribution in [0.4, 0.5) is 5.82 Å². The Balaban J connectivity index is 1.70. The molecule has 6 heteroatoms. The number of hydrogen-bond donors (Lipinski definition) is 1. The minimum absolute atomic E-state index is 0.0414. The van der Waals surface area contributed by atoms with Crippen molar-refractivity contribution in [2.75, 3.05) is 18.4 Å². The number of carbonyl (C=O) groups excluding carboxylic acids is 2. The maximum Gasteiger partial charge on any atom is 0.245 e. The zero-order chi connectivity index (χ0) is 23.5. The van der Waals surface area contributed by atoms with Gasteiger partial charge < -0.3 is 10.2 Å². The summed E-state index contributed by atoms with van der Waals surface area (Å²) < 4.78 is 1.81. The minimum atomic E-state index is -0.212. The number of para-hydroxylation sites is 1. The molecule has 6 nitrogen and oxygen atoms in total. The first-order chi connectivity index (χ1) is 15.8. The van der Waals surface area contributed by atoms with Crippen LogP contribution in [0.25, 0.3) is 16.8 Å². The first-order valence-corrected chi connectivity index (χ1v) is 11.6. The fourth-order valence-corrected chi connectivity index (χ4v) is 4.18. The van der Waals surface area contributed by atoms with Crippen molar-refractivity contribution in [3.05, 3.63) is 65.9 Å². The molecule has 1 N–H and O–H groups in total. The fraction of sp³-hybridized carbons (Fsp3) is 0.370. The maximum atomic E-state index is 13.3. The molecule has 0 atom stereocenters. The predicted molar refractivity (Wildman–Crippen MR) is 131 cm³/mol. The fourth-order valence-electron chi connectivity index (χ4n) is 4.18. The highest BCUT2D eigenvalue weighted by molar-refractivity contribution is 5.98. The summed E-state index contributed by atoms with van der Waals surface area (Å²) in [5, 5.41) is 7.90. The first-order valence-electron chi connectivity index (χ1n) is 11.6. The van der Waals surface area contributed by atoms with E-state index in [-0.39, 0.29) is 24.3 Å². The quantitative estimate of drug-likeness (QED) is 0.532. The Kier molecular flexibility index (Phi) is 6.63. The van der Waals surface area contributed by atoms with E-state index in [1.807, 2.05) is 68.4 Å². The van der Waals surface area contributed by atoms with E-state index >= 15 is 0 Å². The van der Waals surface area contributed by atoms with E-state index in [4.69, 9.17) is 5.10 Å². The summed E-state index contributed by atoms with van der Waals surface area (Å²) >= 11 is 0. The Bertz CT molecular complexity index is 1150. The van der Waals surface area contributed by atoms with Gasteiger partial charge in [0.1, 0.15) is 5.82 Å². The van der Waals surface area contributed by atoms with Gasteiger partial charge in [0.25, 0.3) is 0 Å². The number of nitrogens with zero attached hydrogens (tertiary/aromatic N) is 3. The maximum absolute atomic E-state index is 13.3. The third kappa shape index (κ3) is 5.16. The van der Waals surface area contributed by atoms with Crippen LogP contribution in [0.15, 0.2) is 54.6 Å². The van der Waals surface area contributed by atoms with Crippen LogP contribution in [0.1, 0.15) is 37.9 Å². The lowest BCUT2D eigenvalue weighted by Gasteiger charge is -2.24. The van der Waals surface area contributed by atoms with Crippen molar-refractivity contribution in [1.29, 1.82) is 0 Å². The van der Waals surface area contributed by atoms with Gasteiger partial charge >= 0.3 is 0 Å². The van der Waals surface area contributed by atoms with Crippen LogP contribution in [0.2, 0.25) is 0 Å². The molecule has 172 valence electrons. The van der Waals surface area contributed by atoms with Crippen molar-refractivity contribution >= 4 is 17.6 Å². The van der Waals surface area contributed by atoms with E-state index < -0.39 is 0 Å². The van der Waals surface area contributed by atoms with Crippen molar-refractivity contribution in [2.45, 2.75) is 40.5 Å². The second kappa shape index (κ2) is 9.61. The minimum Gasteiger partial charge on any atom is -0.333 e. The molecule has 1 aliphatic rings. The third-order valence-electron chi connectivity index (χ3n) is 5.88. The summed E-state index contributed by atoms with van der Waals surface area (Å²) in [6.45, 7) is 8.72. The lowest BCUT2D eigenvalue weighted by Crippen LogP contribution is -2.41. The van der Waals surface area contributed by atoms with E-state index in [9.17, 15) is 9.59 Å². The molecule has 33 heavy (non-hydrogen) atoms. The van der Waals surface area contributed by atoms with Crippen molar-refractivity contribution < 1.29 is 9.59 Å². The SMILES string of the molecule is Cc1ccccc1-n1nc(C)c(-c2ccccc2)c1NC(=O)CN(CC(C)C)C(=O)C1CC1. The van der Waals surface area contributed by atoms with Crippen LogP contribution in [0, 0.1) is 25.7 Å². The Morgan fingerprint density at radius 2 is 1.73 bits per heavy atom. The van der Waals surface area contributed by atoms with Crippen molar-refractivity contribution in [3.8, 4) is 16.8 Å². The average Bonchev–Trinajstić information content (AvgIpc) is 3.58. The number of nitrogens with one attached hydrogen (secondary N) is 1. The molecule has 0 radical (unpaired) electrons. The highest BCUT2D eigenvalue weighted by Gasteiger charge is 2.34. The van der Waals surface area contributed by atoms with E-state index in [1.54, 1.807) is 9.58 Å². The predicted octanol–water partition coefficient (Wildman–Crippen LogP) is 4.99. The number of anilines is 1. The number of benzene rings is 2. The Morgan fingerprint density at radius 1 is 1.06 bits per heavy atom. The van der Waals surface area contributed by atoms with E-state index in [0.717, 1.165) is 40.9 Å². The molecular formula is C27H32N4O2. The molecule has 1 aliphatic carbocycles. The van der Waals surface area contributed by atoms with Gasteiger partial charge in [-0.1, -0.05) is 62.4 Å². The second-order valence-corrected chi connectivity index (χ2v) is 9.31. The second-order valence-electron chi connectivity index (χ2n) is 9.31. The van der Waals surface area contributed by atoms with Crippen molar-refractivity contribution in [2.24, 2.45) is 11.8 Å². The van der Waals surface area contributed by atoms with Crippen molar-refractivity contribution in [3.63, 3.8) is 0 Å². The van der Waals surface area contributed by atoms with Crippen LogP contribution in [-0.2, 0) is 9.59 Å². The largest absolute Gasteiger partial charge is 0.333 e. The van der Waals surface area contributed by atoms with E-state index in [0.29, 0.717) is 18.3 Å². The van der Waals surface area contributed by atoms with Crippen LogP contribution >= 0.6 is 0 Å². The topological polar surface area (TPSA) is 67.2 Å². The highest BCUT2D eigenvalue weighted by Crippen LogP contribution is 2.34. The summed E-state index contributed by atoms with van der Waals surface area (Å²) in [5.41, 5.74) is 4.66. The Morgan fingerprint density at radius 3 is 2.36 bits per heavy atom. The summed E-state index contributed by atoms with van der Waals surface area (Å²) in [6, 6.07) is 17.9. The van der Waals surface area contributed by atoms with Crippen LogP contribution in [-0.4, -0.2) is 39.6 Å². The molecule has 0 aliphatic heterocycles. The van der Waals surface area contributed by atoms with Gasteiger partial charge in [-0.3, -0.25) is 9.59 Å². The first kappa shape index (κ1) is 22.8. The summed E-state index contributed by atoms with van der Waals surface area (Å²) in [6.07, 6.45) is 1.85. The van der Waals surface area contributed by atoms with Gasteiger partial charge in [0, 0.05) is 18.0 Å². The number of amides is 2. The average molecular weight is 445 g/mol. The lowest BCUT2D eigenvalue weighted by atomic mass is 10.1. The van der Waals surface area contributed by atoms with E-state index in [2.05, 4.69) is 19.2 Å². The number of carbonyl (C=O) groups is 2. The molecule has 0 bridgehead atoms. The molecule has 2 aromatic carbocycles. The standard InChI is InChI=1S/C27H32N4O2/c1-18(2)16-30(27(33)22-14-15-22)17-24(32)28-26-25(21-11-6-5-7-12-21)20(4)29-31(26)23-13-9-8-10-19(23)3/h5-13,18,22H,14-17H2,1-4H3,(H,28,32). The molecule has 1 heterocycles. The molecule has 0 unspecified atom stereocenters. The number of rotatable bonds is 8. The zero-order valence-corrected chi connectivity index (χ0v) is 19.8. The molecule has 1 aromatic heterocycles. The third-order valence-corrected chi connectivity index (χ3v) is 5.88. The summed E-state index contributed by atoms with van der Waals surface area (Å²) in [5.74, 6) is 0.875. The molecule has 2 amide bonds. The normalized spacial score (nSPS) is 13.2. The van der Waals surface area contributed by atoms with Gasteiger partial charge in [0.2, 0.25) is 11.8 Å². The molecule has 0 saturated heterocycles. The van der Waals surface area contributed by atoms with Crippen LogP contribution < -0.4 is 5.32 Å². The number of hydrogen-bond acceptors (Lipinski definition) is 3. The van der Waals surface area contributed by atoms with Crippen LogP contribution in [0.5, 0.6) is 0 Å². The smallest absolute Gasteiger partial charge is 0.245 e. The van der Waals surface area contributed by atoms with Gasteiger partial charge in [0.05, 0.1) is 17.9 Å². The molecule has 1 fully saturated rings. The molecule has 3 aromatic rings. The monoisotopic (exact) mass is 444 g/mol. The van der Waals surface area contributed by atoms with Gasteiger partial charge in [-0.25, -0.2) is 4.68 Å². The molecule has 4 rings (SSSR count). The number of aryl methyl sites for hydroxylation is 2. The Labute approximate surface area is 195 Å². The van der Waals surface area contributed by atoms with Crippen molar-refractivity contribution in [1.82, 2.24) is 14.7 Å². The summed E-state index contributed by atoms with van der Waals surface area (Å²) in [4.78, 5) is 27.8. The van der Waals surface area contributed by atoms with E-state index in [1.165, 1.54) is 0 Å². The highest BCUT2D eigenvalue weighted by atomic mass is 16.2. The molecular weight excluding hydrogens is 412 g/mol. The number of aromatic nitrogens is 2. The van der Waals surface area contributed by atoms with Gasteiger partial charge in [-0.2, -0.15) is 5.10 Å². The van der Waals surface area contributed by atoms with Gasteiger partial charge in [-0.15, -0.1) is 0 Å². The lowest BCUT2D eigenvalue weighted by molar-refractivity contribution is -0.136. The molecule has 0 spiro atoms. The molecule has 1 saturated carbocycles. The zero-order valence-electron chi connectivity index (χ0n) is 19.8. The summed E-state index contributed by atoms with van der Waals surface area (Å²) in [7, 11) is 0. The van der Waals surface area contributed by atoms with Gasteiger partial charge in [0.15, 0.2) is 0 Å².